The molecule has 79 heavy (non-hydrogen) atoms. The van der Waals surface area contributed by atoms with Gasteiger partial charge in [-0.2, -0.15) is 0 Å². The van der Waals surface area contributed by atoms with Gasteiger partial charge in [0.05, 0.1) is 39.9 Å². The third-order valence-electron chi connectivity index (χ3n) is 14.9. The van der Waals surface area contributed by atoms with Crippen LogP contribution in [0.2, 0.25) is 0 Å². The zero-order valence-corrected chi connectivity index (χ0v) is 53.5. The van der Waals surface area contributed by atoms with Crippen LogP contribution in [0.3, 0.4) is 0 Å². The van der Waals surface area contributed by atoms with Crippen molar-refractivity contribution < 1.29 is 32.9 Å². The number of phosphoric ester groups is 1. The van der Waals surface area contributed by atoms with Crippen LogP contribution in [0.4, 0.5) is 0 Å². The van der Waals surface area contributed by atoms with Crippen molar-refractivity contribution in [1.29, 1.82) is 0 Å². The molecule has 0 aromatic heterocycles. The highest BCUT2D eigenvalue weighted by molar-refractivity contribution is 7.47. The molecule has 460 valence electrons. The smallest absolute Gasteiger partial charge is 0.387 e. The van der Waals surface area contributed by atoms with Gasteiger partial charge in [0, 0.05) is 6.42 Å². The number of rotatable bonds is 61. The highest BCUT2D eigenvalue weighted by Gasteiger charge is 2.28. The summed E-state index contributed by atoms with van der Waals surface area (Å²) in [7, 11) is 1.56. The minimum atomic E-state index is -4.36. The molecule has 3 N–H and O–H groups in total. The normalized spacial score (nSPS) is 14.3. The van der Waals surface area contributed by atoms with E-state index in [1.54, 1.807) is 6.08 Å². The van der Waals surface area contributed by atoms with Gasteiger partial charge in [-0.1, -0.05) is 311 Å². The molecule has 0 aromatic carbocycles. The number of hydrogen-bond acceptors (Lipinski definition) is 5. The summed E-state index contributed by atoms with van der Waals surface area (Å²) in [6.07, 6.45) is 85.8. The second-order valence-corrected chi connectivity index (χ2v) is 25.3. The van der Waals surface area contributed by atoms with Gasteiger partial charge >= 0.3 is 7.82 Å². The Kier molecular flexibility index (Phi) is 58.5. The first-order valence-corrected chi connectivity index (χ1v) is 35.0. The van der Waals surface area contributed by atoms with Gasteiger partial charge in [0.25, 0.3) is 0 Å². The highest BCUT2D eigenvalue weighted by Crippen LogP contribution is 2.43. The lowest BCUT2D eigenvalue weighted by Gasteiger charge is -2.25. The van der Waals surface area contributed by atoms with Crippen molar-refractivity contribution in [3.8, 4) is 0 Å². The van der Waals surface area contributed by atoms with Gasteiger partial charge in [0.2, 0.25) is 5.91 Å². The fourth-order valence-corrected chi connectivity index (χ4v) is 10.4. The van der Waals surface area contributed by atoms with Crippen LogP contribution in [0.1, 0.15) is 303 Å². The molecule has 0 bridgehead atoms. The van der Waals surface area contributed by atoms with Crippen LogP contribution >= 0.6 is 7.82 Å². The maximum absolute atomic E-state index is 13.0. The fourth-order valence-electron chi connectivity index (χ4n) is 9.70. The van der Waals surface area contributed by atoms with Gasteiger partial charge in [0.1, 0.15) is 13.2 Å². The molecule has 3 unspecified atom stereocenters. The highest BCUT2D eigenvalue weighted by atomic mass is 31.2. The molecule has 0 saturated heterocycles. The van der Waals surface area contributed by atoms with E-state index in [1.807, 2.05) is 27.2 Å². The van der Waals surface area contributed by atoms with Crippen LogP contribution in [-0.2, 0) is 18.4 Å². The molecule has 0 spiro atoms. The Hall–Kier alpha value is -2.32. The molecular formula is C70H130N2O6P+. The summed E-state index contributed by atoms with van der Waals surface area (Å²) in [4.78, 5) is 23.4. The zero-order chi connectivity index (χ0) is 57.7. The van der Waals surface area contributed by atoms with Gasteiger partial charge in [-0.25, -0.2) is 4.57 Å². The summed E-state index contributed by atoms with van der Waals surface area (Å²) in [6.45, 7) is 4.72. The predicted octanol–water partition coefficient (Wildman–Crippen LogP) is 21.2. The lowest BCUT2D eigenvalue weighted by atomic mass is 10.0. The van der Waals surface area contributed by atoms with Crippen LogP contribution in [-0.4, -0.2) is 73.4 Å². The second kappa shape index (κ2) is 60.3. The molecule has 0 aliphatic heterocycles. The Balaban J connectivity index is 4.14. The third kappa shape index (κ3) is 63.1. The van der Waals surface area contributed by atoms with E-state index in [0.29, 0.717) is 17.4 Å². The molecule has 0 heterocycles. The summed E-state index contributed by atoms with van der Waals surface area (Å²) in [5.74, 6) is -0.191. The molecule has 0 saturated carbocycles. The molecule has 0 aromatic rings. The summed E-state index contributed by atoms with van der Waals surface area (Å²) >= 11 is 0. The van der Waals surface area contributed by atoms with Crippen LogP contribution in [0.25, 0.3) is 0 Å². The lowest BCUT2D eigenvalue weighted by molar-refractivity contribution is -0.870. The first-order chi connectivity index (χ1) is 38.5. The zero-order valence-electron chi connectivity index (χ0n) is 52.6. The van der Waals surface area contributed by atoms with Gasteiger partial charge in [-0.3, -0.25) is 13.8 Å². The van der Waals surface area contributed by atoms with E-state index in [1.165, 1.54) is 193 Å². The van der Waals surface area contributed by atoms with Crippen LogP contribution in [0, 0.1) is 0 Å². The maximum atomic E-state index is 13.0. The minimum absolute atomic E-state index is 0.0545. The topological polar surface area (TPSA) is 105 Å². The summed E-state index contributed by atoms with van der Waals surface area (Å²) in [5, 5.41) is 14.0. The predicted molar refractivity (Wildman–Crippen MR) is 346 cm³/mol. The quantitative estimate of drug-likeness (QED) is 0.0243. The largest absolute Gasteiger partial charge is 0.472 e. The van der Waals surface area contributed by atoms with Crippen molar-refractivity contribution in [1.82, 2.24) is 5.32 Å². The van der Waals surface area contributed by atoms with E-state index >= 15 is 0 Å². The van der Waals surface area contributed by atoms with Gasteiger partial charge in [-0.05, 0) is 70.6 Å². The first kappa shape index (κ1) is 76.7. The van der Waals surface area contributed by atoms with Crippen molar-refractivity contribution in [3.63, 3.8) is 0 Å². The SMILES string of the molecule is CC/C=C\C/C=C\C/C=C\C/C=C\C/C=C\C/C=C\CCCCCCCCC(=O)NC(COP(=O)(O)OCC[N+](C)(C)C)C(O)/C=C/CCCCCCCCCCCCCCCCCCCCCCCCCCCCCCCC. The Morgan fingerprint density at radius 2 is 0.759 bits per heavy atom. The number of carbonyl (C=O) groups excluding carboxylic acids is 1. The fraction of sp³-hybridized carbons (Fsp3) is 0.786. The summed E-state index contributed by atoms with van der Waals surface area (Å²) < 4.78 is 23.8. The molecule has 1 amide bonds. The minimum Gasteiger partial charge on any atom is -0.387 e. The number of hydrogen-bond donors (Lipinski definition) is 3. The Morgan fingerprint density at radius 1 is 0.443 bits per heavy atom. The van der Waals surface area contributed by atoms with Gasteiger partial charge in [-0.15, -0.1) is 0 Å². The number of likely N-dealkylation sites (N-methyl/N-ethyl adjacent to an activating group) is 1. The van der Waals surface area contributed by atoms with E-state index in [9.17, 15) is 19.4 Å². The number of unbranched alkanes of at least 4 members (excludes halogenated alkanes) is 36. The molecule has 0 radical (unpaired) electrons. The summed E-state index contributed by atoms with van der Waals surface area (Å²) in [6, 6.07) is -0.862. The molecule has 0 fully saturated rings. The number of allylic oxidation sites excluding steroid dienone is 13. The number of nitrogens with zero attached hydrogens (tertiary/aromatic N) is 1. The van der Waals surface area contributed by atoms with E-state index in [0.717, 1.165) is 89.9 Å². The monoisotopic (exact) mass is 1130 g/mol. The van der Waals surface area contributed by atoms with Crippen LogP contribution in [0.15, 0.2) is 85.1 Å². The Labute approximate surface area is 490 Å². The Morgan fingerprint density at radius 3 is 1.11 bits per heavy atom. The Bertz CT molecular complexity index is 1560. The number of nitrogens with one attached hydrogen (secondary N) is 1. The van der Waals surface area contributed by atoms with Gasteiger partial charge in [0.15, 0.2) is 0 Å². The van der Waals surface area contributed by atoms with E-state index < -0.39 is 20.0 Å². The second-order valence-electron chi connectivity index (χ2n) is 23.8. The molecule has 0 aliphatic rings. The summed E-state index contributed by atoms with van der Waals surface area (Å²) in [5.41, 5.74) is 0. The maximum Gasteiger partial charge on any atom is 0.472 e. The number of carbonyl (C=O) groups is 1. The van der Waals surface area contributed by atoms with Crippen molar-refractivity contribution in [2.75, 3.05) is 40.9 Å². The first-order valence-electron chi connectivity index (χ1n) is 33.5. The number of aliphatic hydroxyl groups is 1. The van der Waals surface area contributed by atoms with Crippen LogP contribution in [0.5, 0.6) is 0 Å². The number of phosphoric acid groups is 1. The molecule has 0 aliphatic carbocycles. The molecule has 0 rings (SSSR count). The molecular weight excluding hydrogens is 996 g/mol. The van der Waals surface area contributed by atoms with E-state index in [2.05, 4.69) is 92.1 Å². The van der Waals surface area contributed by atoms with Gasteiger partial charge < -0.3 is 19.8 Å². The van der Waals surface area contributed by atoms with Crippen molar-refractivity contribution in [3.05, 3.63) is 85.1 Å². The number of quaternary nitrogens is 1. The van der Waals surface area contributed by atoms with Crippen molar-refractivity contribution in [2.24, 2.45) is 0 Å². The van der Waals surface area contributed by atoms with E-state index in [-0.39, 0.29) is 19.1 Å². The lowest BCUT2D eigenvalue weighted by Crippen LogP contribution is -2.45. The van der Waals surface area contributed by atoms with Crippen molar-refractivity contribution >= 4 is 13.7 Å². The number of aliphatic hydroxyl groups excluding tert-OH is 1. The number of amides is 1. The molecule has 9 heteroatoms. The molecule has 8 nitrogen and oxygen atoms in total. The van der Waals surface area contributed by atoms with E-state index in [4.69, 9.17) is 9.05 Å². The average Bonchev–Trinajstić information content (AvgIpc) is 3.42. The average molecular weight is 1130 g/mol. The third-order valence-corrected chi connectivity index (χ3v) is 15.9. The van der Waals surface area contributed by atoms with Crippen molar-refractivity contribution in [2.45, 2.75) is 315 Å². The molecule has 3 atom stereocenters. The van der Waals surface area contributed by atoms with Crippen LogP contribution < -0.4 is 5.32 Å². The standard InChI is InChI=1S/C70H129N2O6P/c1-6-8-10-12-14-16-18-20-22-24-26-28-30-32-33-34-35-36-37-38-40-41-43-45-47-49-51-53-55-57-59-61-63-69(73)68(67-78-79(75,76)77-66-65-72(3,4)5)71-70(74)64-62-60-58-56-54-52-50-48-46-44-42-39-31-29-27-25-23-21-19-17-15-13-11-9-7-2/h9,11,15,17,21,23,27,29,39,42,46,48,61,63,68-69,73H,6-8,10,12-14,16,18-20,22,24-26,28,30-38,40-41,43-45,47,49-60,62,64-67H2,1-5H3,(H-,71,74,75,76)/p+1/b11-9-,17-15-,23-21-,29-27-,42-39-,48-46-,63-61+.